The number of aromatic nitrogens is 3. The van der Waals surface area contributed by atoms with Crippen LogP contribution in [-0.4, -0.2) is 14.3 Å². The summed E-state index contributed by atoms with van der Waals surface area (Å²) >= 11 is 6.00. The second kappa shape index (κ2) is 3.89. The summed E-state index contributed by atoms with van der Waals surface area (Å²) in [5.41, 5.74) is 3.00. The number of benzene rings is 1. The third-order valence-corrected chi connectivity index (χ3v) is 3.43. The minimum atomic E-state index is 0.747. The van der Waals surface area contributed by atoms with Gasteiger partial charge in [0.25, 0.3) is 0 Å². The van der Waals surface area contributed by atoms with E-state index in [0.717, 1.165) is 33.0 Å². The lowest BCUT2D eigenvalue weighted by molar-refractivity contribution is 0.728. The number of hydrogen-bond acceptors (Lipinski definition) is 1. The summed E-state index contributed by atoms with van der Waals surface area (Å²) in [5, 5.41) is 6.26. The van der Waals surface area contributed by atoms with Crippen molar-refractivity contribution in [2.24, 2.45) is 7.05 Å². The van der Waals surface area contributed by atoms with Crippen molar-refractivity contribution in [3.05, 3.63) is 53.7 Å². The van der Waals surface area contributed by atoms with E-state index in [-0.39, 0.29) is 0 Å². The maximum Gasteiger partial charge on any atom is 0.138 e. The molecule has 0 N–H and O–H groups in total. The Labute approximate surface area is 111 Å². The Balaban J connectivity index is 2.32. The average Bonchev–Trinajstić information content (AvgIpc) is 2.81. The van der Waals surface area contributed by atoms with Gasteiger partial charge in [0.2, 0.25) is 0 Å². The van der Waals surface area contributed by atoms with Crippen LogP contribution < -0.4 is 0 Å². The van der Waals surface area contributed by atoms with Crippen LogP contribution in [0.5, 0.6) is 0 Å². The Kier molecular flexibility index (Phi) is 2.45. The highest BCUT2D eigenvalue weighted by molar-refractivity contribution is 6.31. The number of aryl methyl sites for hydroxylation is 2. The van der Waals surface area contributed by atoms with Gasteiger partial charge in [0.05, 0.1) is 11.2 Å². The van der Waals surface area contributed by atoms with Gasteiger partial charge in [-0.25, -0.2) is 0 Å². The fourth-order valence-corrected chi connectivity index (χ4v) is 2.47. The summed E-state index contributed by atoms with van der Waals surface area (Å²) in [7, 11) is 1.93. The minimum absolute atomic E-state index is 0.747. The third-order valence-electron chi connectivity index (χ3n) is 3.19. The first kappa shape index (κ1) is 11.4. The number of hydrogen-bond donors (Lipinski definition) is 0. The molecule has 1 aromatic carbocycles. The van der Waals surface area contributed by atoms with E-state index in [2.05, 4.69) is 16.6 Å². The predicted octanol–water partition coefficient (Wildman–Crippen LogP) is 3.51. The van der Waals surface area contributed by atoms with Crippen molar-refractivity contribution in [3.8, 4) is 5.82 Å². The topological polar surface area (TPSA) is 22.8 Å². The molecule has 0 spiro atoms. The first-order valence-corrected chi connectivity index (χ1v) is 6.08. The van der Waals surface area contributed by atoms with E-state index in [1.54, 1.807) is 0 Å². The van der Waals surface area contributed by atoms with Crippen LogP contribution in [0.15, 0.2) is 30.5 Å². The maximum absolute atomic E-state index is 6.00. The van der Waals surface area contributed by atoms with E-state index >= 15 is 0 Å². The Morgan fingerprint density at radius 2 is 2.06 bits per heavy atom. The average molecular weight is 259 g/mol. The molecule has 0 saturated heterocycles. The Bertz CT molecular complexity index is 737. The zero-order chi connectivity index (χ0) is 12.9. The highest BCUT2D eigenvalue weighted by atomic mass is 35.5. The van der Waals surface area contributed by atoms with Gasteiger partial charge < -0.3 is 4.57 Å². The molecule has 0 unspecified atom stereocenters. The van der Waals surface area contributed by atoms with Gasteiger partial charge in [0, 0.05) is 29.2 Å². The van der Waals surface area contributed by atoms with Crippen LogP contribution in [-0.2, 0) is 7.05 Å². The van der Waals surface area contributed by atoms with Gasteiger partial charge in [-0.1, -0.05) is 11.6 Å². The maximum atomic E-state index is 6.00. The van der Waals surface area contributed by atoms with E-state index in [0.29, 0.717) is 0 Å². The molecular formula is C14H13ClN3. The molecule has 18 heavy (non-hydrogen) atoms. The highest BCUT2D eigenvalue weighted by Crippen LogP contribution is 2.25. The van der Waals surface area contributed by atoms with Crippen LogP contribution in [0.3, 0.4) is 0 Å². The van der Waals surface area contributed by atoms with E-state index in [1.807, 2.05) is 49.1 Å². The molecule has 1 radical (unpaired) electrons. The first-order chi connectivity index (χ1) is 8.58. The van der Waals surface area contributed by atoms with Gasteiger partial charge in [-0.15, -0.1) is 0 Å². The molecule has 0 aliphatic carbocycles. The third kappa shape index (κ3) is 1.55. The molecule has 0 saturated carbocycles. The molecule has 0 amide bonds. The van der Waals surface area contributed by atoms with Crippen LogP contribution in [0.1, 0.15) is 11.3 Å². The second-order valence-electron chi connectivity index (χ2n) is 4.40. The van der Waals surface area contributed by atoms with Crippen molar-refractivity contribution < 1.29 is 0 Å². The SMILES string of the molecule is [CH2]c1c(C)nn(C)c1-n1ccc2cc(Cl)ccc21. The molecule has 3 rings (SSSR count). The molecule has 0 fully saturated rings. The van der Waals surface area contributed by atoms with E-state index < -0.39 is 0 Å². The van der Waals surface area contributed by atoms with Gasteiger partial charge in [-0.2, -0.15) is 5.10 Å². The largest absolute Gasteiger partial charge is 0.301 e. The summed E-state index contributed by atoms with van der Waals surface area (Å²) in [6.07, 6.45) is 2.02. The van der Waals surface area contributed by atoms with Crippen LogP contribution in [0, 0.1) is 13.8 Å². The lowest BCUT2D eigenvalue weighted by atomic mass is 10.2. The molecule has 0 atom stereocenters. The fourth-order valence-electron chi connectivity index (χ4n) is 2.29. The van der Waals surface area contributed by atoms with E-state index in [1.165, 1.54) is 0 Å². The summed E-state index contributed by atoms with van der Waals surface area (Å²) < 4.78 is 3.94. The summed E-state index contributed by atoms with van der Waals surface area (Å²) in [6.45, 7) is 6.06. The molecule has 0 bridgehead atoms. The zero-order valence-electron chi connectivity index (χ0n) is 10.3. The van der Waals surface area contributed by atoms with Crippen LogP contribution in [0.25, 0.3) is 16.7 Å². The lowest BCUT2D eigenvalue weighted by Crippen LogP contribution is -2.02. The van der Waals surface area contributed by atoms with Crippen molar-refractivity contribution in [1.29, 1.82) is 0 Å². The Morgan fingerprint density at radius 1 is 1.28 bits per heavy atom. The van der Waals surface area contributed by atoms with E-state index in [4.69, 9.17) is 11.6 Å². The van der Waals surface area contributed by atoms with Gasteiger partial charge in [0.1, 0.15) is 5.82 Å². The fraction of sp³-hybridized carbons (Fsp3) is 0.143. The Hall–Kier alpha value is -1.74. The van der Waals surface area contributed by atoms with Gasteiger partial charge >= 0.3 is 0 Å². The van der Waals surface area contributed by atoms with Crippen LogP contribution in [0.4, 0.5) is 0 Å². The van der Waals surface area contributed by atoms with E-state index in [9.17, 15) is 0 Å². The summed E-state index contributed by atoms with van der Waals surface area (Å²) in [6, 6.07) is 7.91. The molecule has 2 heterocycles. The number of fused-ring (bicyclic) bond motifs is 1. The predicted molar refractivity (Wildman–Crippen MR) is 74.2 cm³/mol. The molecule has 3 nitrogen and oxygen atoms in total. The highest BCUT2D eigenvalue weighted by Gasteiger charge is 2.13. The number of halogens is 1. The summed E-state index contributed by atoms with van der Waals surface area (Å²) in [5.74, 6) is 0.991. The van der Waals surface area contributed by atoms with Crippen molar-refractivity contribution in [1.82, 2.24) is 14.3 Å². The van der Waals surface area contributed by atoms with Crippen molar-refractivity contribution in [2.45, 2.75) is 6.92 Å². The number of nitrogens with zero attached hydrogens (tertiary/aromatic N) is 3. The zero-order valence-corrected chi connectivity index (χ0v) is 11.1. The van der Waals surface area contributed by atoms with Gasteiger partial charge in [-0.05, 0) is 38.1 Å². The summed E-state index contributed by atoms with van der Waals surface area (Å²) in [4.78, 5) is 0. The quantitative estimate of drug-likeness (QED) is 0.655. The molecule has 0 aliphatic rings. The monoisotopic (exact) mass is 258 g/mol. The molecule has 4 heteroatoms. The lowest BCUT2D eigenvalue weighted by Gasteiger charge is -2.07. The van der Waals surface area contributed by atoms with Crippen molar-refractivity contribution in [2.75, 3.05) is 0 Å². The first-order valence-electron chi connectivity index (χ1n) is 5.70. The second-order valence-corrected chi connectivity index (χ2v) is 4.84. The normalized spacial score (nSPS) is 11.3. The standard InChI is InChI=1S/C14H13ClN3/c1-9-10(2)16-17(3)14(9)18-7-6-11-8-12(15)4-5-13(11)18/h4-8H,1H2,2-3H3. The van der Waals surface area contributed by atoms with Crippen molar-refractivity contribution >= 4 is 22.5 Å². The molecule has 3 aromatic rings. The van der Waals surface area contributed by atoms with Crippen molar-refractivity contribution in [3.63, 3.8) is 0 Å². The molecule has 0 aliphatic heterocycles. The van der Waals surface area contributed by atoms with Gasteiger partial charge in [0.15, 0.2) is 0 Å². The molecular weight excluding hydrogens is 246 g/mol. The number of rotatable bonds is 1. The van der Waals surface area contributed by atoms with Crippen LogP contribution >= 0.6 is 11.6 Å². The minimum Gasteiger partial charge on any atom is -0.301 e. The Morgan fingerprint density at radius 3 is 2.72 bits per heavy atom. The van der Waals surface area contributed by atoms with Gasteiger partial charge in [-0.3, -0.25) is 4.68 Å². The van der Waals surface area contributed by atoms with Crippen LogP contribution in [0.2, 0.25) is 5.02 Å². The molecule has 91 valence electrons. The molecule has 2 aromatic heterocycles. The smallest absolute Gasteiger partial charge is 0.138 e.